The van der Waals surface area contributed by atoms with Crippen molar-refractivity contribution in [2.45, 2.75) is 77.6 Å². The maximum absolute atomic E-state index is 11.2. The van der Waals surface area contributed by atoms with Crippen LogP contribution in [0.5, 0.6) is 0 Å². The number of carboxylic acids is 1. The van der Waals surface area contributed by atoms with Crippen LogP contribution in [0, 0.1) is 5.92 Å². The van der Waals surface area contributed by atoms with Crippen molar-refractivity contribution in [3.63, 3.8) is 0 Å². The van der Waals surface area contributed by atoms with Crippen molar-refractivity contribution in [1.82, 2.24) is 0 Å². The molecular weight excluding hydrogens is 336 g/mol. The largest absolute Gasteiger partial charge is 0.481 e. The van der Waals surface area contributed by atoms with Gasteiger partial charge in [-0.25, -0.2) is 0 Å². The van der Waals surface area contributed by atoms with Crippen LogP contribution in [-0.4, -0.2) is 24.8 Å². The van der Waals surface area contributed by atoms with Gasteiger partial charge in [-0.15, -0.1) is 0 Å². The fourth-order valence-electron chi connectivity index (χ4n) is 2.72. The zero-order valence-corrected chi connectivity index (χ0v) is 17.4. The minimum Gasteiger partial charge on any atom is -0.481 e. The number of aliphatic carboxylic acids is 1. The maximum atomic E-state index is 11.2. The molecule has 0 aromatic heterocycles. The molecule has 0 saturated heterocycles. The second-order valence-corrected chi connectivity index (χ2v) is 6.84. The predicted molar refractivity (Wildman–Crippen MR) is 116 cm³/mol. The lowest BCUT2D eigenvalue weighted by Gasteiger charge is -2.10. The minimum atomic E-state index is -0.693. The van der Waals surface area contributed by atoms with E-state index in [0.29, 0.717) is 19.4 Å². The van der Waals surface area contributed by atoms with Crippen LogP contribution in [0.25, 0.3) is 0 Å². The van der Waals surface area contributed by atoms with Crippen LogP contribution in [-0.2, 0) is 9.53 Å². The second kappa shape index (κ2) is 20.7. The normalized spacial score (nSPS) is 13.6. The maximum Gasteiger partial charge on any atom is 0.306 e. The molecule has 1 atom stereocenters. The zero-order chi connectivity index (χ0) is 20.0. The monoisotopic (exact) mass is 376 g/mol. The van der Waals surface area contributed by atoms with Crippen LogP contribution < -0.4 is 0 Å². The number of ether oxygens (including phenoxy) is 1. The summed E-state index contributed by atoms with van der Waals surface area (Å²) in [5, 5.41) is 9.21. The van der Waals surface area contributed by atoms with E-state index in [1.54, 1.807) is 7.11 Å². The van der Waals surface area contributed by atoms with Crippen LogP contribution in [0.2, 0.25) is 0 Å². The molecule has 27 heavy (non-hydrogen) atoms. The molecule has 0 fully saturated rings. The molecule has 3 heteroatoms. The van der Waals surface area contributed by atoms with Gasteiger partial charge in [0.15, 0.2) is 0 Å². The van der Waals surface area contributed by atoms with Crippen molar-refractivity contribution < 1.29 is 14.6 Å². The Morgan fingerprint density at radius 2 is 1.37 bits per heavy atom. The van der Waals surface area contributed by atoms with Gasteiger partial charge in [0.1, 0.15) is 0 Å². The molecule has 0 rings (SSSR count). The number of carboxylic acid groups (broad SMARTS) is 1. The average Bonchev–Trinajstić information content (AvgIpc) is 2.66. The summed E-state index contributed by atoms with van der Waals surface area (Å²) in [4.78, 5) is 11.2. The minimum absolute atomic E-state index is 0.258. The molecule has 0 saturated carbocycles. The quantitative estimate of drug-likeness (QED) is 0.210. The summed E-state index contributed by atoms with van der Waals surface area (Å²) in [6, 6.07) is 0. The van der Waals surface area contributed by atoms with Crippen molar-refractivity contribution in [3.05, 3.63) is 48.6 Å². The lowest BCUT2D eigenvalue weighted by molar-refractivity contribution is -0.142. The van der Waals surface area contributed by atoms with E-state index in [-0.39, 0.29) is 5.92 Å². The molecule has 0 amide bonds. The fourth-order valence-corrected chi connectivity index (χ4v) is 2.72. The van der Waals surface area contributed by atoms with E-state index in [1.165, 1.54) is 25.7 Å². The van der Waals surface area contributed by atoms with Crippen LogP contribution in [0.15, 0.2) is 48.6 Å². The van der Waals surface area contributed by atoms with E-state index in [9.17, 15) is 9.90 Å². The lowest BCUT2D eigenvalue weighted by atomic mass is 9.98. The van der Waals surface area contributed by atoms with E-state index in [1.807, 2.05) is 0 Å². The number of rotatable bonds is 18. The molecule has 0 aliphatic rings. The highest BCUT2D eigenvalue weighted by atomic mass is 16.5. The van der Waals surface area contributed by atoms with Crippen molar-refractivity contribution in [1.29, 1.82) is 0 Å². The first-order valence-corrected chi connectivity index (χ1v) is 10.5. The van der Waals surface area contributed by atoms with E-state index in [4.69, 9.17) is 4.74 Å². The van der Waals surface area contributed by atoms with Gasteiger partial charge in [0.05, 0.1) is 5.92 Å². The molecule has 1 unspecified atom stereocenters. The van der Waals surface area contributed by atoms with Crippen molar-refractivity contribution >= 4 is 5.97 Å². The van der Waals surface area contributed by atoms with Gasteiger partial charge in [-0.05, 0) is 57.8 Å². The summed E-state index contributed by atoms with van der Waals surface area (Å²) in [6.45, 7) is 2.87. The third kappa shape index (κ3) is 19.0. The molecule has 0 bridgehead atoms. The Bertz CT molecular complexity index is 447. The summed E-state index contributed by atoms with van der Waals surface area (Å²) in [7, 11) is 1.65. The molecule has 154 valence electrons. The van der Waals surface area contributed by atoms with E-state index >= 15 is 0 Å². The predicted octanol–water partition coefficient (Wildman–Crippen LogP) is 6.87. The molecule has 0 aromatic carbocycles. The highest BCUT2D eigenvalue weighted by Crippen LogP contribution is 2.14. The van der Waals surface area contributed by atoms with Gasteiger partial charge in [0.2, 0.25) is 0 Å². The second-order valence-electron chi connectivity index (χ2n) is 6.84. The molecule has 0 spiro atoms. The number of carbonyl (C=O) groups is 1. The van der Waals surface area contributed by atoms with Gasteiger partial charge in [0.25, 0.3) is 0 Å². The Balaban J connectivity index is 3.68. The van der Waals surface area contributed by atoms with Crippen molar-refractivity contribution in [2.75, 3.05) is 13.7 Å². The van der Waals surface area contributed by atoms with E-state index in [0.717, 1.165) is 32.1 Å². The molecule has 0 aliphatic heterocycles. The SMILES string of the molecule is CCCCC/C=C\C/C=C\C/C=C\C/C=C\CCC(CCCOC)C(=O)O. The summed E-state index contributed by atoms with van der Waals surface area (Å²) in [5.74, 6) is -0.951. The summed E-state index contributed by atoms with van der Waals surface area (Å²) in [5.41, 5.74) is 0. The highest BCUT2D eigenvalue weighted by molar-refractivity contribution is 5.69. The van der Waals surface area contributed by atoms with Crippen LogP contribution in [0.3, 0.4) is 0 Å². The summed E-state index contributed by atoms with van der Waals surface area (Å²) >= 11 is 0. The number of allylic oxidation sites excluding steroid dienone is 8. The number of methoxy groups -OCH3 is 1. The summed E-state index contributed by atoms with van der Waals surface area (Å²) < 4.78 is 4.98. The molecule has 0 aromatic rings. The van der Waals surface area contributed by atoms with E-state index < -0.39 is 5.97 Å². The number of hydrogen-bond acceptors (Lipinski definition) is 2. The third-order valence-electron chi connectivity index (χ3n) is 4.39. The molecule has 0 aliphatic carbocycles. The van der Waals surface area contributed by atoms with Crippen molar-refractivity contribution in [3.8, 4) is 0 Å². The standard InChI is InChI=1S/C24H40O3/c1-3-4-5-6-7-8-9-10-11-12-13-14-15-16-17-18-20-23(24(25)26)21-19-22-27-2/h7-8,10-11,13-14,16-17,23H,3-6,9,12,15,18-22H2,1-2H3,(H,25,26)/b8-7-,11-10-,14-13-,17-16-. The zero-order valence-electron chi connectivity index (χ0n) is 17.4. The third-order valence-corrected chi connectivity index (χ3v) is 4.39. The first kappa shape index (κ1) is 25.4. The topological polar surface area (TPSA) is 46.5 Å². The summed E-state index contributed by atoms with van der Waals surface area (Å²) in [6.07, 6.45) is 28.5. The Morgan fingerprint density at radius 1 is 0.815 bits per heavy atom. The number of hydrogen-bond donors (Lipinski definition) is 1. The Kier molecular flexibility index (Phi) is 19.5. The van der Waals surface area contributed by atoms with Crippen LogP contribution in [0.4, 0.5) is 0 Å². The van der Waals surface area contributed by atoms with Gasteiger partial charge >= 0.3 is 5.97 Å². The van der Waals surface area contributed by atoms with Crippen LogP contribution >= 0.6 is 0 Å². The Morgan fingerprint density at radius 3 is 1.89 bits per heavy atom. The average molecular weight is 377 g/mol. The molecular formula is C24H40O3. The van der Waals surface area contributed by atoms with Gasteiger partial charge in [-0.3, -0.25) is 4.79 Å². The van der Waals surface area contributed by atoms with Gasteiger partial charge in [0, 0.05) is 13.7 Å². The van der Waals surface area contributed by atoms with Gasteiger partial charge in [-0.2, -0.15) is 0 Å². The first-order valence-electron chi connectivity index (χ1n) is 10.5. The molecule has 0 heterocycles. The molecule has 1 N–H and O–H groups in total. The van der Waals surface area contributed by atoms with Crippen LogP contribution in [0.1, 0.15) is 77.6 Å². The smallest absolute Gasteiger partial charge is 0.306 e. The first-order chi connectivity index (χ1) is 13.2. The van der Waals surface area contributed by atoms with Crippen molar-refractivity contribution in [2.24, 2.45) is 5.92 Å². The lowest BCUT2D eigenvalue weighted by Crippen LogP contribution is -2.14. The Labute approximate surface area is 166 Å². The number of unbranched alkanes of at least 4 members (excludes halogenated alkanes) is 3. The fraction of sp³-hybridized carbons (Fsp3) is 0.625. The van der Waals surface area contributed by atoms with Gasteiger partial charge < -0.3 is 9.84 Å². The molecule has 0 radical (unpaired) electrons. The van der Waals surface area contributed by atoms with Gasteiger partial charge in [-0.1, -0.05) is 68.4 Å². The highest BCUT2D eigenvalue weighted by Gasteiger charge is 2.15. The van der Waals surface area contributed by atoms with E-state index in [2.05, 4.69) is 55.5 Å². The Hall–Kier alpha value is -1.61. The molecule has 3 nitrogen and oxygen atoms in total.